The van der Waals surface area contributed by atoms with E-state index >= 15 is 0 Å². The summed E-state index contributed by atoms with van der Waals surface area (Å²) in [6.07, 6.45) is 2.84. The van der Waals surface area contributed by atoms with E-state index in [1.165, 1.54) is 5.56 Å². The second-order valence-electron chi connectivity index (χ2n) is 5.49. The number of aromatic nitrogens is 3. The minimum Gasteiger partial charge on any atom is -0.487 e. The van der Waals surface area contributed by atoms with Gasteiger partial charge < -0.3 is 10.5 Å². The quantitative estimate of drug-likeness (QED) is 0.908. The van der Waals surface area contributed by atoms with Crippen molar-refractivity contribution in [2.24, 2.45) is 5.73 Å². The summed E-state index contributed by atoms with van der Waals surface area (Å²) in [6.45, 7) is 5.43. The molecule has 5 heteroatoms. The molecule has 0 spiro atoms. The van der Waals surface area contributed by atoms with E-state index in [1.807, 2.05) is 18.3 Å². The molecule has 0 aliphatic carbocycles. The second kappa shape index (κ2) is 4.35. The van der Waals surface area contributed by atoms with Gasteiger partial charge in [0.05, 0.1) is 12.7 Å². The molecule has 5 nitrogen and oxygen atoms in total. The molecule has 0 saturated carbocycles. The highest BCUT2D eigenvalue weighted by Crippen LogP contribution is 2.41. The molecule has 0 saturated heterocycles. The minimum atomic E-state index is -0.147. The third-order valence-corrected chi connectivity index (χ3v) is 3.26. The van der Waals surface area contributed by atoms with Crippen LogP contribution in [0.25, 0.3) is 11.3 Å². The number of benzene rings is 1. The van der Waals surface area contributed by atoms with Gasteiger partial charge in [-0.2, -0.15) is 0 Å². The van der Waals surface area contributed by atoms with E-state index in [1.54, 1.807) is 4.68 Å². The zero-order valence-corrected chi connectivity index (χ0v) is 11.3. The first-order valence-electron chi connectivity index (χ1n) is 6.50. The van der Waals surface area contributed by atoms with E-state index in [9.17, 15) is 0 Å². The molecule has 2 aromatic rings. The maximum absolute atomic E-state index is 6.05. The van der Waals surface area contributed by atoms with Crippen LogP contribution in [0.15, 0.2) is 24.4 Å². The number of nitrogens with two attached hydrogens (primary N) is 1. The monoisotopic (exact) mass is 258 g/mol. The number of para-hydroxylation sites is 1. The summed E-state index contributed by atoms with van der Waals surface area (Å²) in [4.78, 5) is 0. The topological polar surface area (TPSA) is 66.0 Å². The van der Waals surface area contributed by atoms with Crippen molar-refractivity contribution in [1.29, 1.82) is 0 Å². The first-order valence-corrected chi connectivity index (χ1v) is 6.50. The van der Waals surface area contributed by atoms with Crippen LogP contribution in [0, 0.1) is 0 Å². The molecule has 2 heterocycles. The van der Waals surface area contributed by atoms with Crippen molar-refractivity contribution in [3.63, 3.8) is 0 Å². The average molecular weight is 258 g/mol. The zero-order valence-electron chi connectivity index (χ0n) is 11.3. The van der Waals surface area contributed by atoms with Gasteiger partial charge in [-0.25, -0.2) is 0 Å². The summed E-state index contributed by atoms with van der Waals surface area (Å²) in [5, 5.41) is 8.28. The van der Waals surface area contributed by atoms with Crippen LogP contribution < -0.4 is 10.5 Å². The third-order valence-electron chi connectivity index (χ3n) is 3.26. The van der Waals surface area contributed by atoms with E-state index in [4.69, 9.17) is 10.5 Å². The Morgan fingerprint density at radius 1 is 1.42 bits per heavy atom. The zero-order chi connectivity index (χ0) is 13.5. The molecule has 1 aliphatic heterocycles. The van der Waals surface area contributed by atoms with Crippen molar-refractivity contribution < 1.29 is 4.74 Å². The predicted octanol–water partition coefficient (Wildman–Crippen LogP) is 1.62. The van der Waals surface area contributed by atoms with Crippen LogP contribution in [0.3, 0.4) is 0 Å². The molecule has 0 fully saturated rings. The highest BCUT2D eigenvalue weighted by atomic mass is 16.5. The van der Waals surface area contributed by atoms with Gasteiger partial charge in [0.1, 0.15) is 17.0 Å². The Bertz CT molecular complexity index is 603. The predicted molar refractivity (Wildman–Crippen MR) is 72.9 cm³/mol. The van der Waals surface area contributed by atoms with E-state index < -0.39 is 0 Å². The maximum Gasteiger partial charge on any atom is 0.132 e. The lowest BCUT2D eigenvalue weighted by molar-refractivity contribution is 0.139. The first kappa shape index (κ1) is 12.2. The molecule has 0 radical (unpaired) electrons. The van der Waals surface area contributed by atoms with Gasteiger partial charge in [0.15, 0.2) is 0 Å². The van der Waals surface area contributed by atoms with Crippen molar-refractivity contribution in [1.82, 2.24) is 15.0 Å². The SMILES string of the molecule is CC1(C)Cc2cccc(-c3cn(CCN)nn3)c2O1. The molecule has 0 amide bonds. The van der Waals surface area contributed by atoms with Crippen LogP contribution in [0.4, 0.5) is 0 Å². The molecular weight excluding hydrogens is 240 g/mol. The van der Waals surface area contributed by atoms with Crippen molar-refractivity contribution in [3.05, 3.63) is 30.0 Å². The van der Waals surface area contributed by atoms with Crippen LogP contribution in [-0.4, -0.2) is 27.1 Å². The molecular formula is C14H18N4O. The van der Waals surface area contributed by atoms with Crippen LogP contribution in [0.2, 0.25) is 0 Å². The highest BCUT2D eigenvalue weighted by molar-refractivity contribution is 5.69. The molecule has 3 rings (SSSR count). The Morgan fingerprint density at radius 3 is 3.05 bits per heavy atom. The summed E-state index contributed by atoms with van der Waals surface area (Å²) in [5.74, 6) is 0.937. The molecule has 100 valence electrons. The van der Waals surface area contributed by atoms with Gasteiger partial charge in [-0.15, -0.1) is 5.10 Å². The standard InChI is InChI=1S/C14H18N4O/c1-14(2)8-10-4-3-5-11(13(10)19-14)12-9-18(7-6-15)17-16-12/h3-5,9H,6-8,15H2,1-2H3. The van der Waals surface area contributed by atoms with E-state index in [2.05, 4.69) is 30.2 Å². The number of hydrogen-bond acceptors (Lipinski definition) is 4. The summed E-state index contributed by atoms with van der Waals surface area (Å²) in [7, 11) is 0. The Hall–Kier alpha value is -1.88. The Labute approximate surface area is 112 Å². The molecule has 0 bridgehead atoms. The van der Waals surface area contributed by atoms with Gasteiger partial charge in [-0.05, 0) is 25.5 Å². The number of rotatable bonds is 3. The summed E-state index contributed by atoms with van der Waals surface area (Å²) < 4.78 is 7.81. The number of nitrogens with zero attached hydrogens (tertiary/aromatic N) is 3. The number of ether oxygens (including phenoxy) is 1. The van der Waals surface area contributed by atoms with Gasteiger partial charge in [0.25, 0.3) is 0 Å². The summed E-state index contributed by atoms with van der Waals surface area (Å²) in [5.41, 5.74) is 8.45. The molecule has 19 heavy (non-hydrogen) atoms. The fourth-order valence-corrected chi connectivity index (χ4v) is 2.48. The van der Waals surface area contributed by atoms with E-state index in [0.29, 0.717) is 13.1 Å². The van der Waals surface area contributed by atoms with Crippen LogP contribution in [-0.2, 0) is 13.0 Å². The fourth-order valence-electron chi connectivity index (χ4n) is 2.48. The van der Waals surface area contributed by atoms with Gasteiger partial charge in [-0.3, -0.25) is 4.68 Å². The molecule has 0 atom stereocenters. The van der Waals surface area contributed by atoms with Crippen LogP contribution in [0.5, 0.6) is 5.75 Å². The van der Waals surface area contributed by atoms with Gasteiger partial charge in [0.2, 0.25) is 0 Å². The average Bonchev–Trinajstić information content (AvgIpc) is 2.91. The second-order valence-corrected chi connectivity index (χ2v) is 5.49. The molecule has 2 N–H and O–H groups in total. The third kappa shape index (κ3) is 2.21. The Kier molecular flexibility index (Phi) is 2.78. The van der Waals surface area contributed by atoms with Gasteiger partial charge >= 0.3 is 0 Å². The van der Waals surface area contributed by atoms with Crippen LogP contribution >= 0.6 is 0 Å². The van der Waals surface area contributed by atoms with Crippen molar-refractivity contribution >= 4 is 0 Å². The lowest BCUT2D eigenvalue weighted by Gasteiger charge is -2.17. The molecule has 1 aliphatic rings. The molecule has 1 aromatic carbocycles. The van der Waals surface area contributed by atoms with E-state index in [-0.39, 0.29) is 5.60 Å². The summed E-state index contributed by atoms with van der Waals surface area (Å²) in [6, 6.07) is 6.18. The maximum atomic E-state index is 6.05. The van der Waals surface area contributed by atoms with Gasteiger partial charge in [-0.1, -0.05) is 17.3 Å². The number of hydrogen-bond donors (Lipinski definition) is 1. The van der Waals surface area contributed by atoms with Crippen molar-refractivity contribution in [3.8, 4) is 17.0 Å². The van der Waals surface area contributed by atoms with Gasteiger partial charge in [0, 0.05) is 18.5 Å². The largest absolute Gasteiger partial charge is 0.487 e. The van der Waals surface area contributed by atoms with Crippen molar-refractivity contribution in [2.45, 2.75) is 32.4 Å². The lowest BCUT2D eigenvalue weighted by atomic mass is 10.00. The fraction of sp³-hybridized carbons (Fsp3) is 0.429. The first-order chi connectivity index (χ1) is 9.09. The summed E-state index contributed by atoms with van der Waals surface area (Å²) >= 11 is 0. The highest BCUT2D eigenvalue weighted by Gasteiger charge is 2.32. The normalized spacial score (nSPS) is 16.2. The molecule has 1 aromatic heterocycles. The van der Waals surface area contributed by atoms with Crippen LogP contribution in [0.1, 0.15) is 19.4 Å². The van der Waals surface area contributed by atoms with Crippen molar-refractivity contribution in [2.75, 3.05) is 6.54 Å². The van der Waals surface area contributed by atoms with E-state index in [0.717, 1.165) is 23.4 Å². The smallest absolute Gasteiger partial charge is 0.132 e. The molecule has 0 unspecified atom stereocenters. The Balaban J connectivity index is 2.00. The Morgan fingerprint density at radius 2 is 2.26 bits per heavy atom. The number of fused-ring (bicyclic) bond motifs is 1. The minimum absolute atomic E-state index is 0.147. The lowest BCUT2D eigenvalue weighted by Crippen LogP contribution is -2.24.